The van der Waals surface area contributed by atoms with Crippen LogP contribution in [0.4, 0.5) is 5.69 Å². The molecular weight excluding hydrogens is 314 g/mol. The Labute approximate surface area is 129 Å². The summed E-state index contributed by atoms with van der Waals surface area (Å²) in [5.74, 6) is -0.730. The van der Waals surface area contributed by atoms with E-state index < -0.39 is 32.8 Å². The maximum atomic E-state index is 12.6. The number of hydrogen-bond acceptors (Lipinski definition) is 4. The van der Waals surface area contributed by atoms with Crippen molar-refractivity contribution < 1.29 is 13.2 Å². The standard InChI is InChI=1S/C13H18ClN3O3S/c1-13(2,3)17-21(19,20)11-8-6-7(14)4-5-9(8)16-10(11)12(15)18/h4-6,10-11,16-17H,1-3H3,(H2,15,18). The summed E-state index contributed by atoms with van der Waals surface area (Å²) >= 11 is 5.94. The zero-order chi connectivity index (χ0) is 16.0. The molecule has 1 heterocycles. The molecule has 0 bridgehead atoms. The Morgan fingerprint density at radius 1 is 1.38 bits per heavy atom. The van der Waals surface area contributed by atoms with Crippen molar-refractivity contribution in [1.29, 1.82) is 0 Å². The lowest BCUT2D eigenvalue weighted by atomic mass is 10.1. The van der Waals surface area contributed by atoms with Gasteiger partial charge in [0.05, 0.1) is 0 Å². The zero-order valence-corrected chi connectivity index (χ0v) is 13.5. The zero-order valence-electron chi connectivity index (χ0n) is 12.0. The number of hydrogen-bond donors (Lipinski definition) is 3. The van der Waals surface area contributed by atoms with Crippen molar-refractivity contribution in [2.75, 3.05) is 5.32 Å². The molecule has 0 fully saturated rings. The fourth-order valence-corrected chi connectivity index (χ4v) is 4.63. The van der Waals surface area contributed by atoms with Gasteiger partial charge in [0, 0.05) is 16.2 Å². The lowest BCUT2D eigenvalue weighted by Crippen LogP contribution is -2.48. The number of fused-ring (bicyclic) bond motifs is 1. The Bertz CT molecular complexity index is 682. The number of nitrogens with two attached hydrogens (primary N) is 1. The third kappa shape index (κ3) is 3.30. The van der Waals surface area contributed by atoms with Crippen LogP contribution in [-0.2, 0) is 14.8 Å². The summed E-state index contributed by atoms with van der Waals surface area (Å²) in [6.07, 6.45) is 0. The van der Waals surface area contributed by atoms with Crippen LogP contribution in [0.3, 0.4) is 0 Å². The number of benzene rings is 1. The molecule has 1 amide bonds. The van der Waals surface area contributed by atoms with Crippen LogP contribution in [0.25, 0.3) is 0 Å². The van der Waals surface area contributed by atoms with Gasteiger partial charge in [-0.25, -0.2) is 13.1 Å². The Kier molecular flexibility index (Phi) is 3.94. The van der Waals surface area contributed by atoms with Crippen LogP contribution >= 0.6 is 11.6 Å². The van der Waals surface area contributed by atoms with E-state index in [1.165, 1.54) is 0 Å². The van der Waals surface area contributed by atoms with E-state index in [1.807, 2.05) is 0 Å². The van der Waals surface area contributed by atoms with Gasteiger partial charge >= 0.3 is 0 Å². The number of primary amides is 1. The van der Waals surface area contributed by atoms with Crippen LogP contribution in [0.5, 0.6) is 0 Å². The number of sulfonamides is 1. The van der Waals surface area contributed by atoms with Crippen LogP contribution in [0.2, 0.25) is 5.02 Å². The number of carbonyl (C=O) groups is 1. The molecular formula is C13H18ClN3O3S. The summed E-state index contributed by atoms with van der Waals surface area (Å²) < 4.78 is 27.8. The monoisotopic (exact) mass is 331 g/mol. The second-order valence-corrected chi connectivity index (χ2v) is 8.31. The average molecular weight is 332 g/mol. The van der Waals surface area contributed by atoms with E-state index in [1.54, 1.807) is 39.0 Å². The second-order valence-electron chi connectivity index (χ2n) is 6.07. The number of amides is 1. The van der Waals surface area contributed by atoms with Crippen LogP contribution in [-0.4, -0.2) is 25.9 Å². The predicted octanol–water partition coefficient (Wildman–Crippen LogP) is 1.38. The molecule has 8 heteroatoms. The first kappa shape index (κ1) is 16.1. The molecule has 0 saturated carbocycles. The van der Waals surface area contributed by atoms with Crippen molar-refractivity contribution >= 4 is 33.2 Å². The van der Waals surface area contributed by atoms with Crippen molar-refractivity contribution in [3.63, 3.8) is 0 Å². The van der Waals surface area contributed by atoms with Crippen molar-refractivity contribution in [2.24, 2.45) is 5.73 Å². The van der Waals surface area contributed by atoms with Crippen LogP contribution < -0.4 is 15.8 Å². The number of carbonyl (C=O) groups excluding carboxylic acids is 1. The molecule has 2 rings (SSSR count). The molecule has 1 aromatic rings. The minimum absolute atomic E-state index is 0.400. The Morgan fingerprint density at radius 3 is 2.52 bits per heavy atom. The van der Waals surface area contributed by atoms with Gasteiger partial charge in [0.15, 0.2) is 0 Å². The molecule has 1 aliphatic heterocycles. The van der Waals surface area contributed by atoms with E-state index >= 15 is 0 Å². The quantitative estimate of drug-likeness (QED) is 0.778. The maximum Gasteiger partial charge on any atom is 0.241 e. The second kappa shape index (κ2) is 5.15. The van der Waals surface area contributed by atoms with Gasteiger partial charge in [0.1, 0.15) is 11.3 Å². The topological polar surface area (TPSA) is 101 Å². The summed E-state index contributed by atoms with van der Waals surface area (Å²) in [6, 6.07) is 3.77. The highest BCUT2D eigenvalue weighted by atomic mass is 35.5. The minimum atomic E-state index is -3.81. The van der Waals surface area contributed by atoms with E-state index in [9.17, 15) is 13.2 Å². The van der Waals surface area contributed by atoms with E-state index in [-0.39, 0.29) is 0 Å². The molecule has 4 N–H and O–H groups in total. The Morgan fingerprint density at radius 2 is 2.00 bits per heavy atom. The fourth-order valence-electron chi connectivity index (χ4n) is 2.38. The van der Waals surface area contributed by atoms with Gasteiger partial charge in [-0.3, -0.25) is 4.79 Å². The highest BCUT2D eigenvalue weighted by molar-refractivity contribution is 7.89. The molecule has 0 radical (unpaired) electrons. The summed E-state index contributed by atoms with van der Waals surface area (Å²) in [5, 5.41) is 2.14. The summed E-state index contributed by atoms with van der Waals surface area (Å²) in [4.78, 5) is 11.6. The number of halogens is 1. The Balaban J connectivity index is 2.53. The molecule has 116 valence electrons. The molecule has 6 nitrogen and oxygen atoms in total. The van der Waals surface area contributed by atoms with E-state index in [4.69, 9.17) is 17.3 Å². The minimum Gasteiger partial charge on any atom is -0.372 e. The van der Waals surface area contributed by atoms with E-state index in [0.717, 1.165) is 0 Å². The third-order valence-electron chi connectivity index (χ3n) is 3.02. The molecule has 0 saturated heterocycles. The first-order chi connectivity index (χ1) is 9.51. The van der Waals surface area contributed by atoms with Gasteiger partial charge in [-0.05, 0) is 44.5 Å². The average Bonchev–Trinajstić information content (AvgIpc) is 2.64. The normalized spacial score (nSPS) is 21.7. The smallest absolute Gasteiger partial charge is 0.241 e. The number of anilines is 1. The fraction of sp³-hybridized carbons (Fsp3) is 0.462. The number of nitrogens with one attached hydrogen (secondary N) is 2. The van der Waals surface area contributed by atoms with Crippen LogP contribution in [0.1, 0.15) is 31.6 Å². The summed E-state index contributed by atoms with van der Waals surface area (Å²) in [6.45, 7) is 5.18. The van der Waals surface area contributed by atoms with Gasteiger partial charge in [-0.2, -0.15) is 0 Å². The third-order valence-corrected chi connectivity index (χ3v) is 5.35. The molecule has 2 atom stereocenters. The van der Waals surface area contributed by atoms with Crippen molar-refractivity contribution in [3.05, 3.63) is 28.8 Å². The lowest BCUT2D eigenvalue weighted by Gasteiger charge is -2.25. The molecule has 1 aromatic carbocycles. The van der Waals surface area contributed by atoms with E-state index in [0.29, 0.717) is 16.3 Å². The van der Waals surface area contributed by atoms with Crippen LogP contribution in [0.15, 0.2) is 18.2 Å². The molecule has 2 unspecified atom stereocenters. The highest BCUT2D eigenvalue weighted by Crippen LogP contribution is 2.40. The van der Waals surface area contributed by atoms with Crippen LogP contribution in [0, 0.1) is 0 Å². The summed E-state index contributed by atoms with van der Waals surface area (Å²) in [7, 11) is -3.81. The molecule has 0 aliphatic carbocycles. The van der Waals surface area contributed by atoms with Gasteiger partial charge in [-0.15, -0.1) is 0 Å². The van der Waals surface area contributed by atoms with Crippen molar-refractivity contribution in [2.45, 2.75) is 37.6 Å². The first-order valence-electron chi connectivity index (χ1n) is 6.39. The Hall–Kier alpha value is -1.31. The molecule has 21 heavy (non-hydrogen) atoms. The predicted molar refractivity (Wildman–Crippen MR) is 82.6 cm³/mol. The molecule has 0 aromatic heterocycles. The van der Waals surface area contributed by atoms with Gasteiger partial charge in [0.25, 0.3) is 0 Å². The van der Waals surface area contributed by atoms with Crippen molar-refractivity contribution in [3.8, 4) is 0 Å². The van der Waals surface area contributed by atoms with Gasteiger partial charge < -0.3 is 11.1 Å². The molecule has 0 spiro atoms. The lowest BCUT2D eigenvalue weighted by molar-refractivity contribution is -0.118. The maximum absolute atomic E-state index is 12.6. The van der Waals surface area contributed by atoms with Gasteiger partial charge in [0.2, 0.25) is 15.9 Å². The largest absolute Gasteiger partial charge is 0.372 e. The first-order valence-corrected chi connectivity index (χ1v) is 8.32. The van der Waals surface area contributed by atoms with Crippen molar-refractivity contribution in [1.82, 2.24) is 4.72 Å². The summed E-state index contributed by atoms with van der Waals surface area (Å²) in [5.41, 5.74) is 5.67. The number of rotatable bonds is 3. The molecule has 1 aliphatic rings. The van der Waals surface area contributed by atoms with Gasteiger partial charge in [-0.1, -0.05) is 11.6 Å². The SMILES string of the molecule is CC(C)(C)NS(=O)(=O)C1c2cc(Cl)ccc2NC1C(N)=O. The highest BCUT2D eigenvalue weighted by Gasteiger charge is 2.45. The van der Waals surface area contributed by atoms with E-state index in [2.05, 4.69) is 10.0 Å².